The molecule has 0 saturated carbocycles. The minimum Gasteiger partial charge on any atom is -0.467 e. The predicted octanol–water partition coefficient (Wildman–Crippen LogP) is 2.42. The lowest BCUT2D eigenvalue weighted by Gasteiger charge is -2.05. The molecule has 0 atom stereocenters. The van der Waals surface area contributed by atoms with Gasteiger partial charge in [-0.2, -0.15) is 5.10 Å². The molecule has 0 spiro atoms. The molecule has 0 fully saturated rings. The van der Waals surface area contributed by atoms with Gasteiger partial charge in [-0.3, -0.25) is 0 Å². The number of rotatable bonds is 4. The van der Waals surface area contributed by atoms with Crippen LogP contribution in [0.1, 0.15) is 18.4 Å². The van der Waals surface area contributed by atoms with Gasteiger partial charge in [-0.25, -0.2) is 4.68 Å². The van der Waals surface area contributed by atoms with E-state index < -0.39 is 0 Å². The first-order chi connectivity index (χ1) is 7.29. The highest BCUT2D eigenvalue weighted by atomic mass is 16.3. The lowest BCUT2D eigenvalue weighted by molar-refractivity contribution is 0.516. The Morgan fingerprint density at radius 2 is 2.40 bits per heavy atom. The van der Waals surface area contributed by atoms with Gasteiger partial charge in [-0.1, -0.05) is 0 Å². The summed E-state index contributed by atoms with van der Waals surface area (Å²) in [6, 6.07) is 5.87. The van der Waals surface area contributed by atoms with Crippen LogP contribution in [0.15, 0.2) is 28.9 Å². The third-order valence-electron chi connectivity index (χ3n) is 2.23. The Balaban J connectivity index is 2.04. The van der Waals surface area contributed by atoms with E-state index in [4.69, 9.17) is 4.42 Å². The van der Waals surface area contributed by atoms with Crippen LogP contribution in [0, 0.1) is 6.92 Å². The maximum Gasteiger partial charge on any atom is 0.124 e. The fourth-order valence-corrected chi connectivity index (χ4v) is 1.52. The minimum absolute atomic E-state index is 0.693. The highest BCUT2D eigenvalue weighted by Gasteiger charge is 2.03. The first-order valence-corrected chi connectivity index (χ1v) is 5.10. The molecule has 0 aromatic carbocycles. The molecule has 0 aliphatic carbocycles. The molecule has 0 aliphatic heterocycles. The van der Waals surface area contributed by atoms with Crippen molar-refractivity contribution in [3.05, 3.63) is 35.9 Å². The number of aromatic nitrogens is 2. The summed E-state index contributed by atoms with van der Waals surface area (Å²) in [5.74, 6) is 1.96. The van der Waals surface area contributed by atoms with E-state index in [2.05, 4.69) is 17.3 Å². The van der Waals surface area contributed by atoms with E-state index in [0.717, 1.165) is 23.8 Å². The summed E-state index contributed by atoms with van der Waals surface area (Å²) in [6.07, 6.45) is 1.68. The molecule has 0 bridgehead atoms. The van der Waals surface area contributed by atoms with E-state index in [0.29, 0.717) is 6.54 Å². The Labute approximate surface area is 88.9 Å². The quantitative estimate of drug-likeness (QED) is 0.833. The summed E-state index contributed by atoms with van der Waals surface area (Å²) in [7, 11) is 0. The Morgan fingerprint density at radius 1 is 1.53 bits per heavy atom. The molecule has 0 unspecified atom stereocenters. The molecular formula is C11H15N3O. The normalized spacial score (nSPS) is 10.5. The number of aryl methyl sites for hydroxylation is 2. The van der Waals surface area contributed by atoms with E-state index in [1.165, 1.54) is 0 Å². The minimum atomic E-state index is 0.693. The second kappa shape index (κ2) is 4.21. The molecule has 0 saturated heterocycles. The maximum atomic E-state index is 5.24. The molecule has 80 valence electrons. The van der Waals surface area contributed by atoms with Gasteiger partial charge in [0, 0.05) is 12.6 Å². The van der Waals surface area contributed by atoms with Crippen LogP contribution in [0.25, 0.3) is 0 Å². The van der Waals surface area contributed by atoms with Crippen LogP contribution in [0.5, 0.6) is 0 Å². The molecule has 15 heavy (non-hydrogen) atoms. The Hall–Kier alpha value is -1.71. The number of furan rings is 1. The van der Waals surface area contributed by atoms with Gasteiger partial charge in [0.15, 0.2) is 0 Å². The third kappa shape index (κ3) is 2.21. The Kier molecular flexibility index (Phi) is 2.76. The Morgan fingerprint density at radius 3 is 3.07 bits per heavy atom. The molecule has 0 aliphatic rings. The number of nitrogens with one attached hydrogen (secondary N) is 1. The summed E-state index contributed by atoms with van der Waals surface area (Å²) < 4.78 is 7.19. The molecule has 2 rings (SSSR count). The van der Waals surface area contributed by atoms with Gasteiger partial charge >= 0.3 is 0 Å². The summed E-state index contributed by atoms with van der Waals surface area (Å²) in [4.78, 5) is 0. The van der Waals surface area contributed by atoms with Crippen molar-refractivity contribution in [2.75, 3.05) is 5.32 Å². The molecule has 1 N–H and O–H groups in total. The standard InChI is InChI=1S/C11H15N3O/c1-3-14-11(7-9(2)13-14)12-8-10-5-4-6-15-10/h4-7,12H,3,8H2,1-2H3. The number of hydrogen-bond acceptors (Lipinski definition) is 3. The fraction of sp³-hybridized carbons (Fsp3) is 0.364. The van der Waals surface area contributed by atoms with Crippen LogP contribution in [0.4, 0.5) is 5.82 Å². The van der Waals surface area contributed by atoms with Gasteiger partial charge in [-0.05, 0) is 26.0 Å². The second-order valence-corrected chi connectivity index (χ2v) is 3.42. The summed E-state index contributed by atoms with van der Waals surface area (Å²) >= 11 is 0. The van der Waals surface area contributed by atoms with Crippen LogP contribution in [0.2, 0.25) is 0 Å². The van der Waals surface area contributed by atoms with E-state index in [9.17, 15) is 0 Å². The van der Waals surface area contributed by atoms with Crippen molar-refractivity contribution in [1.82, 2.24) is 9.78 Å². The number of nitrogens with zero attached hydrogens (tertiary/aromatic N) is 2. The van der Waals surface area contributed by atoms with E-state index >= 15 is 0 Å². The van der Waals surface area contributed by atoms with Crippen LogP contribution in [-0.2, 0) is 13.1 Å². The second-order valence-electron chi connectivity index (χ2n) is 3.42. The highest BCUT2D eigenvalue weighted by Crippen LogP contribution is 2.11. The van der Waals surface area contributed by atoms with Crippen molar-refractivity contribution in [2.24, 2.45) is 0 Å². The molecule has 0 radical (unpaired) electrons. The van der Waals surface area contributed by atoms with Crippen molar-refractivity contribution in [3.63, 3.8) is 0 Å². The molecular weight excluding hydrogens is 190 g/mol. The van der Waals surface area contributed by atoms with Crippen molar-refractivity contribution < 1.29 is 4.42 Å². The zero-order valence-corrected chi connectivity index (χ0v) is 9.03. The van der Waals surface area contributed by atoms with Gasteiger partial charge in [-0.15, -0.1) is 0 Å². The van der Waals surface area contributed by atoms with Gasteiger partial charge in [0.1, 0.15) is 11.6 Å². The molecule has 2 heterocycles. The number of hydrogen-bond donors (Lipinski definition) is 1. The van der Waals surface area contributed by atoms with Crippen LogP contribution < -0.4 is 5.32 Å². The lowest BCUT2D eigenvalue weighted by Crippen LogP contribution is -2.06. The summed E-state index contributed by atoms with van der Waals surface area (Å²) in [6.45, 7) is 5.63. The average molecular weight is 205 g/mol. The van der Waals surface area contributed by atoms with Crippen molar-refractivity contribution >= 4 is 5.82 Å². The monoisotopic (exact) mass is 205 g/mol. The van der Waals surface area contributed by atoms with Crippen molar-refractivity contribution in [1.29, 1.82) is 0 Å². The Bertz CT molecular complexity index is 417. The molecule has 2 aromatic rings. The lowest BCUT2D eigenvalue weighted by atomic mass is 10.4. The molecule has 4 heteroatoms. The SMILES string of the molecule is CCn1nc(C)cc1NCc1ccco1. The average Bonchev–Trinajstić information content (AvgIpc) is 2.83. The van der Waals surface area contributed by atoms with E-state index in [1.54, 1.807) is 6.26 Å². The van der Waals surface area contributed by atoms with Gasteiger partial charge in [0.2, 0.25) is 0 Å². The zero-order chi connectivity index (χ0) is 10.7. The van der Waals surface area contributed by atoms with Crippen LogP contribution in [0.3, 0.4) is 0 Å². The van der Waals surface area contributed by atoms with E-state index in [-0.39, 0.29) is 0 Å². The predicted molar refractivity (Wildman–Crippen MR) is 58.7 cm³/mol. The molecule has 0 amide bonds. The van der Waals surface area contributed by atoms with Crippen molar-refractivity contribution in [3.8, 4) is 0 Å². The first-order valence-electron chi connectivity index (χ1n) is 5.10. The maximum absolute atomic E-state index is 5.24. The summed E-state index contributed by atoms with van der Waals surface area (Å²) in [5, 5.41) is 7.65. The fourth-order valence-electron chi connectivity index (χ4n) is 1.52. The van der Waals surface area contributed by atoms with E-state index in [1.807, 2.05) is 29.8 Å². The highest BCUT2D eigenvalue weighted by molar-refractivity contribution is 5.37. The third-order valence-corrected chi connectivity index (χ3v) is 2.23. The smallest absolute Gasteiger partial charge is 0.124 e. The number of anilines is 1. The van der Waals surface area contributed by atoms with Gasteiger partial charge in [0.05, 0.1) is 18.5 Å². The largest absolute Gasteiger partial charge is 0.467 e. The zero-order valence-electron chi connectivity index (χ0n) is 9.03. The van der Waals surface area contributed by atoms with Crippen LogP contribution >= 0.6 is 0 Å². The van der Waals surface area contributed by atoms with Gasteiger partial charge < -0.3 is 9.73 Å². The topological polar surface area (TPSA) is 43.0 Å². The van der Waals surface area contributed by atoms with Crippen LogP contribution in [-0.4, -0.2) is 9.78 Å². The molecule has 4 nitrogen and oxygen atoms in total. The summed E-state index contributed by atoms with van der Waals surface area (Å²) in [5.41, 5.74) is 1.03. The van der Waals surface area contributed by atoms with Gasteiger partial charge in [0.25, 0.3) is 0 Å². The first kappa shape index (κ1) is 9.83. The van der Waals surface area contributed by atoms with Crippen molar-refractivity contribution in [2.45, 2.75) is 26.9 Å². The molecule has 2 aromatic heterocycles.